The average Bonchev–Trinajstić information content (AvgIpc) is 3.41. The molecule has 3 amide bonds. The van der Waals surface area contributed by atoms with Gasteiger partial charge in [-0.25, -0.2) is 9.59 Å². The van der Waals surface area contributed by atoms with Gasteiger partial charge in [-0.1, -0.05) is 30.3 Å². The fourth-order valence-corrected chi connectivity index (χ4v) is 5.36. The first-order valence-corrected chi connectivity index (χ1v) is 14.3. The summed E-state index contributed by atoms with van der Waals surface area (Å²) in [5.41, 5.74) is 0.535. The van der Waals surface area contributed by atoms with Crippen LogP contribution in [0.1, 0.15) is 71.2 Å². The van der Waals surface area contributed by atoms with Crippen molar-refractivity contribution < 1.29 is 33.4 Å². The Morgan fingerprint density at radius 1 is 1.07 bits per heavy atom. The van der Waals surface area contributed by atoms with Gasteiger partial charge in [-0.15, -0.1) is 0 Å². The number of anilines is 1. The maximum Gasteiger partial charge on any atom is 0.411 e. The van der Waals surface area contributed by atoms with Gasteiger partial charge < -0.3 is 24.4 Å². The maximum atomic E-state index is 13.5. The summed E-state index contributed by atoms with van der Waals surface area (Å²) in [7, 11) is 0. The number of hydrogen-bond acceptors (Lipinski definition) is 8. The van der Waals surface area contributed by atoms with Gasteiger partial charge in [0.15, 0.2) is 5.82 Å². The first-order valence-electron chi connectivity index (χ1n) is 14.3. The van der Waals surface area contributed by atoms with Crippen molar-refractivity contribution >= 4 is 29.9 Å². The first-order chi connectivity index (χ1) is 19.8. The van der Waals surface area contributed by atoms with Crippen molar-refractivity contribution in [2.45, 2.75) is 85.2 Å². The number of benzene rings is 1. The topological polar surface area (TPSA) is 132 Å². The van der Waals surface area contributed by atoms with E-state index in [1.54, 1.807) is 37.5 Å². The Balaban J connectivity index is 1.50. The van der Waals surface area contributed by atoms with Crippen LogP contribution < -0.4 is 5.32 Å². The Hall–Kier alpha value is -4.09. The molecule has 228 valence electrons. The highest BCUT2D eigenvalue weighted by Gasteiger charge is 2.47. The number of aromatic nitrogens is 2. The molecule has 1 N–H and O–H groups in total. The molecule has 12 nitrogen and oxygen atoms in total. The molecule has 0 aliphatic carbocycles. The maximum absolute atomic E-state index is 13.5. The lowest BCUT2D eigenvalue weighted by molar-refractivity contribution is -0.144. The summed E-state index contributed by atoms with van der Waals surface area (Å²) >= 11 is 0. The van der Waals surface area contributed by atoms with Crippen molar-refractivity contribution in [2.24, 2.45) is 5.92 Å². The second-order valence-corrected chi connectivity index (χ2v) is 12.1. The predicted octanol–water partition coefficient (Wildman–Crippen LogP) is 4.42. The number of rotatable bonds is 7. The summed E-state index contributed by atoms with van der Waals surface area (Å²) in [6.45, 7) is 11.8. The summed E-state index contributed by atoms with van der Waals surface area (Å²) in [4.78, 5) is 54.9. The molecule has 2 aliphatic heterocycles. The number of fused-ring (bicyclic) bond motifs is 1. The van der Waals surface area contributed by atoms with Crippen LogP contribution in [0.4, 0.5) is 15.4 Å². The molecule has 2 aliphatic rings. The van der Waals surface area contributed by atoms with Crippen LogP contribution in [-0.4, -0.2) is 68.9 Å². The third-order valence-electron chi connectivity index (χ3n) is 7.32. The van der Waals surface area contributed by atoms with E-state index < -0.39 is 35.2 Å². The minimum Gasteiger partial charge on any atom is -0.465 e. The van der Waals surface area contributed by atoms with Gasteiger partial charge >= 0.3 is 18.2 Å². The van der Waals surface area contributed by atoms with Crippen LogP contribution in [0.2, 0.25) is 0 Å². The van der Waals surface area contributed by atoms with Gasteiger partial charge in [-0.3, -0.25) is 19.2 Å². The van der Waals surface area contributed by atoms with Crippen molar-refractivity contribution in [3.63, 3.8) is 0 Å². The number of carbonyl (C=O) groups excluding carboxylic acids is 4. The van der Waals surface area contributed by atoms with Gasteiger partial charge in [0.25, 0.3) is 0 Å². The molecule has 4 rings (SSSR count). The average molecular weight is 584 g/mol. The van der Waals surface area contributed by atoms with Crippen molar-refractivity contribution in [1.82, 2.24) is 19.6 Å². The summed E-state index contributed by atoms with van der Waals surface area (Å²) in [6.07, 6.45) is 0.259. The van der Waals surface area contributed by atoms with E-state index in [9.17, 15) is 19.2 Å². The Morgan fingerprint density at radius 3 is 2.45 bits per heavy atom. The third-order valence-corrected chi connectivity index (χ3v) is 7.32. The third kappa shape index (κ3) is 7.03. The molecular formula is C30H41N5O7. The molecule has 12 heteroatoms. The molecule has 0 spiro atoms. The number of hydrogen-bond donors (Lipinski definition) is 1. The number of likely N-dealkylation sites (tertiary alicyclic amines) is 1. The molecule has 1 atom stereocenters. The molecule has 0 bridgehead atoms. The molecule has 3 heterocycles. The minimum atomic E-state index is -0.885. The lowest BCUT2D eigenvalue weighted by atomic mass is 9.97. The van der Waals surface area contributed by atoms with Crippen molar-refractivity contribution in [3.8, 4) is 0 Å². The van der Waals surface area contributed by atoms with E-state index in [1.807, 2.05) is 44.2 Å². The van der Waals surface area contributed by atoms with E-state index in [1.165, 1.54) is 4.68 Å². The second kappa shape index (κ2) is 12.4. The first kappa shape index (κ1) is 30.9. The lowest BCUT2D eigenvalue weighted by Gasteiger charge is -2.34. The highest BCUT2D eigenvalue weighted by atomic mass is 16.6. The number of nitrogens with one attached hydrogen (secondary N) is 1. The molecule has 42 heavy (non-hydrogen) atoms. The fraction of sp³-hybridized carbons (Fsp3) is 0.567. The van der Waals surface area contributed by atoms with Crippen LogP contribution >= 0.6 is 0 Å². The van der Waals surface area contributed by atoms with Crippen LogP contribution in [0.5, 0.6) is 0 Å². The molecule has 1 saturated heterocycles. The summed E-state index contributed by atoms with van der Waals surface area (Å²) < 4.78 is 17.7. The van der Waals surface area contributed by atoms with E-state index in [2.05, 4.69) is 10.4 Å². The van der Waals surface area contributed by atoms with Crippen LogP contribution in [0.25, 0.3) is 0 Å². The molecule has 1 aromatic carbocycles. The molecular weight excluding hydrogens is 542 g/mol. The van der Waals surface area contributed by atoms with Gasteiger partial charge in [0.1, 0.15) is 18.8 Å². The smallest absolute Gasteiger partial charge is 0.411 e. The van der Waals surface area contributed by atoms with Crippen molar-refractivity contribution in [2.75, 3.05) is 25.0 Å². The zero-order valence-corrected chi connectivity index (χ0v) is 25.3. The largest absolute Gasteiger partial charge is 0.465 e. The molecule has 0 unspecified atom stereocenters. The number of ether oxygens (including phenoxy) is 3. The number of nitrogens with zero attached hydrogens (tertiary/aromatic N) is 4. The van der Waals surface area contributed by atoms with E-state index in [0.717, 1.165) is 5.56 Å². The van der Waals surface area contributed by atoms with Gasteiger partial charge in [0, 0.05) is 18.7 Å². The fourth-order valence-electron chi connectivity index (χ4n) is 5.36. The van der Waals surface area contributed by atoms with Crippen LogP contribution in [0, 0.1) is 5.92 Å². The number of esters is 1. The van der Waals surface area contributed by atoms with Crippen molar-refractivity contribution in [3.05, 3.63) is 47.2 Å². The van der Waals surface area contributed by atoms with E-state index >= 15 is 0 Å². The zero-order valence-electron chi connectivity index (χ0n) is 25.3. The van der Waals surface area contributed by atoms with Gasteiger partial charge in [-0.2, -0.15) is 5.10 Å². The molecule has 1 fully saturated rings. The van der Waals surface area contributed by atoms with Gasteiger partial charge in [0.2, 0.25) is 5.91 Å². The molecule has 1 aromatic heterocycles. The molecule has 2 aromatic rings. The van der Waals surface area contributed by atoms with Gasteiger partial charge in [0.05, 0.1) is 30.3 Å². The van der Waals surface area contributed by atoms with Crippen LogP contribution in [-0.2, 0) is 49.0 Å². The SMILES string of the molecule is CCOC(=O)Cn1nc(NC(=O)[C@@H]2CCCN(C(=O)OCc3ccccc3)C2)c2c1C(C)(C)N(C(=O)OC(C)(C)C)C2. The molecule has 0 radical (unpaired) electrons. The summed E-state index contributed by atoms with van der Waals surface area (Å²) in [6, 6.07) is 9.41. The highest BCUT2D eigenvalue weighted by molar-refractivity contribution is 5.93. The second-order valence-electron chi connectivity index (χ2n) is 12.1. The Kier molecular flexibility index (Phi) is 9.12. The number of carbonyl (C=O) groups is 4. The van der Waals surface area contributed by atoms with E-state index in [-0.39, 0.29) is 44.6 Å². The number of piperidine rings is 1. The predicted molar refractivity (Wildman–Crippen MR) is 153 cm³/mol. The zero-order chi connectivity index (χ0) is 30.7. The lowest BCUT2D eigenvalue weighted by Crippen LogP contribution is -2.44. The standard InChI is InChI=1S/C30H41N5O7/c1-7-40-23(36)18-35-24-22(17-34(30(24,5)6)28(39)42-29(2,3)4)25(32-35)31-26(37)21-14-11-15-33(16-21)27(38)41-19-20-12-9-8-10-13-20/h8-10,12-13,21H,7,11,14-19H2,1-6H3,(H,31,32,37)/t21-/m1/s1. The normalized spacial score (nSPS) is 17.8. The van der Waals surface area contributed by atoms with Crippen LogP contribution in [0.15, 0.2) is 30.3 Å². The van der Waals surface area contributed by atoms with E-state index in [4.69, 9.17) is 14.2 Å². The highest BCUT2D eigenvalue weighted by Crippen LogP contribution is 2.43. The van der Waals surface area contributed by atoms with E-state index in [0.29, 0.717) is 30.6 Å². The van der Waals surface area contributed by atoms with Gasteiger partial charge in [-0.05, 0) is 59.9 Å². The number of amides is 3. The Bertz CT molecular complexity index is 1320. The quantitative estimate of drug-likeness (QED) is 0.374. The summed E-state index contributed by atoms with van der Waals surface area (Å²) in [5, 5.41) is 7.49. The Labute approximate surface area is 246 Å². The minimum absolute atomic E-state index is 0.137. The van der Waals surface area contributed by atoms with Crippen LogP contribution in [0.3, 0.4) is 0 Å². The molecule has 0 saturated carbocycles. The van der Waals surface area contributed by atoms with Crippen molar-refractivity contribution in [1.29, 1.82) is 0 Å². The monoisotopic (exact) mass is 583 g/mol. The summed E-state index contributed by atoms with van der Waals surface area (Å²) in [5.74, 6) is -0.996. The Morgan fingerprint density at radius 2 is 1.79 bits per heavy atom.